The first kappa shape index (κ1) is 15.5. The molecule has 0 saturated carbocycles. The maximum atomic E-state index is 4.43. The number of hydrogen-bond donors (Lipinski definition) is 1. The highest BCUT2D eigenvalue weighted by Crippen LogP contribution is 2.20. The lowest BCUT2D eigenvalue weighted by atomic mass is 10.1. The zero-order valence-electron chi connectivity index (χ0n) is 13.3. The first-order chi connectivity index (χ1) is 10.2. The van der Waals surface area contributed by atoms with Crippen LogP contribution in [0.3, 0.4) is 0 Å². The molecular formula is C18H25N3. The number of aromatic nitrogens is 1. The summed E-state index contributed by atoms with van der Waals surface area (Å²) < 4.78 is 0. The van der Waals surface area contributed by atoms with Crippen LogP contribution in [0.4, 0.5) is 5.69 Å². The van der Waals surface area contributed by atoms with Gasteiger partial charge in [0.1, 0.15) is 0 Å². The largest absolute Gasteiger partial charge is 0.374 e. The van der Waals surface area contributed by atoms with Gasteiger partial charge in [-0.05, 0) is 31.5 Å². The molecule has 0 aliphatic rings. The van der Waals surface area contributed by atoms with Crippen LogP contribution in [-0.4, -0.2) is 25.1 Å². The summed E-state index contributed by atoms with van der Waals surface area (Å²) in [5.74, 6) is 0. The molecule has 0 spiro atoms. The van der Waals surface area contributed by atoms with Crippen LogP contribution >= 0.6 is 0 Å². The van der Waals surface area contributed by atoms with Gasteiger partial charge in [-0.1, -0.05) is 37.3 Å². The summed E-state index contributed by atoms with van der Waals surface area (Å²) >= 11 is 0. The van der Waals surface area contributed by atoms with Gasteiger partial charge >= 0.3 is 0 Å². The number of likely N-dealkylation sites (N-methyl/N-ethyl adjacent to an activating group) is 1. The van der Waals surface area contributed by atoms with Crippen molar-refractivity contribution in [3.8, 4) is 0 Å². The fourth-order valence-corrected chi connectivity index (χ4v) is 2.39. The molecule has 0 aliphatic heterocycles. The highest BCUT2D eigenvalue weighted by molar-refractivity contribution is 5.53. The average Bonchev–Trinajstić information content (AvgIpc) is 2.52. The van der Waals surface area contributed by atoms with Crippen LogP contribution in [0.1, 0.15) is 23.7 Å². The Morgan fingerprint density at radius 3 is 2.67 bits per heavy atom. The number of aryl methyl sites for hydroxylation is 1. The molecule has 1 N–H and O–H groups in total. The van der Waals surface area contributed by atoms with Crippen molar-refractivity contribution in [3.63, 3.8) is 0 Å². The predicted octanol–water partition coefficient (Wildman–Crippen LogP) is 3.18. The topological polar surface area (TPSA) is 28.2 Å². The highest BCUT2D eigenvalue weighted by atomic mass is 15.1. The van der Waals surface area contributed by atoms with E-state index in [4.69, 9.17) is 0 Å². The minimum absolute atomic E-state index is 0.870. The van der Waals surface area contributed by atoms with Crippen LogP contribution in [0.5, 0.6) is 0 Å². The lowest BCUT2D eigenvalue weighted by molar-refractivity contribution is 0.719. The highest BCUT2D eigenvalue weighted by Gasteiger charge is 2.08. The van der Waals surface area contributed by atoms with E-state index in [1.807, 2.05) is 13.1 Å². The molecule has 112 valence electrons. The van der Waals surface area contributed by atoms with Gasteiger partial charge in [0.25, 0.3) is 0 Å². The third-order valence-electron chi connectivity index (χ3n) is 3.65. The Hall–Kier alpha value is -1.87. The van der Waals surface area contributed by atoms with Crippen molar-refractivity contribution in [3.05, 3.63) is 59.4 Å². The van der Waals surface area contributed by atoms with Crippen molar-refractivity contribution >= 4 is 5.69 Å². The van der Waals surface area contributed by atoms with Crippen molar-refractivity contribution in [1.29, 1.82) is 0 Å². The molecule has 3 nitrogen and oxygen atoms in total. The van der Waals surface area contributed by atoms with Crippen LogP contribution in [-0.2, 0) is 13.0 Å². The smallest absolute Gasteiger partial charge is 0.0443 e. The van der Waals surface area contributed by atoms with Gasteiger partial charge in [0.05, 0.1) is 0 Å². The van der Waals surface area contributed by atoms with Crippen molar-refractivity contribution in [2.75, 3.05) is 25.0 Å². The Labute approximate surface area is 128 Å². The summed E-state index contributed by atoms with van der Waals surface area (Å²) in [6, 6.07) is 12.8. The van der Waals surface area contributed by atoms with Gasteiger partial charge in [-0.3, -0.25) is 4.98 Å². The third kappa shape index (κ3) is 4.57. The molecule has 0 bridgehead atoms. The lowest BCUT2D eigenvalue weighted by Gasteiger charge is -2.23. The molecule has 1 heterocycles. The molecule has 0 radical (unpaired) electrons. The van der Waals surface area contributed by atoms with E-state index in [-0.39, 0.29) is 0 Å². The van der Waals surface area contributed by atoms with E-state index in [0.29, 0.717) is 0 Å². The van der Waals surface area contributed by atoms with E-state index in [2.05, 4.69) is 65.6 Å². The molecule has 0 amide bonds. The van der Waals surface area contributed by atoms with Crippen molar-refractivity contribution in [2.45, 2.75) is 26.8 Å². The summed E-state index contributed by atoms with van der Waals surface area (Å²) in [5, 5.41) is 3.39. The SMILES string of the molecule is CCNCc1cnc(C)cc1N(C)CCc1ccccc1. The number of rotatable bonds is 7. The molecule has 0 atom stereocenters. The van der Waals surface area contributed by atoms with Crippen LogP contribution in [0.2, 0.25) is 0 Å². The number of hydrogen-bond acceptors (Lipinski definition) is 3. The fraction of sp³-hybridized carbons (Fsp3) is 0.389. The fourth-order valence-electron chi connectivity index (χ4n) is 2.39. The molecule has 0 unspecified atom stereocenters. The molecule has 0 aliphatic carbocycles. The van der Waals surface area contributed by atoms with Crippen molar-refractivity contribution < 1.29 is 0 Å². The van der Waals surface area contributed by atoms with Crippen molar-refractivity contribution in [1.82, 2.24) is 10.3 Å². The minimum atomic E-state index is 0.870. The second-order valence-corrected chi connectivity index (χ2v) is 5.39. The van der Waals surface area contributed by atoms with Gasteiger partial charge in [0.2, 0.25) is 0 Å². The monoisotopic (exact) mass is 283 g/mol. The first-order valence-corrected chi connectivity index (χ1v) is 7.62. The van der Waals surface area contributed by atoms with Gasteiger partial charge in [-0.15, -0.1) is 0 Å². The summed E-state index contributed by atoms with van der Waals surface area (Å²) in [6.45, 7) is 7.02. The standard InChI is InChI=1S/C18H25N3/c1-4-19-13-17-14-20-15(2)12-18(17)21(3)11-10-16-8-6-5-7-9-16/h5-9,12,14,19H,4,10-11,13H2,1-3H3. The van der Waals surface area contributed by atoms with Gasteiger partial charge in [0.15, 0.2) is 0 Å². The normalized spacial score (nSPS) is 10.6. The number of nitrogens with zero attached hydrogens (tertiary/aromatic N) is 2. The molecule has 0 fully saturated rings. The maximum Gasteiger partial charge on any atom is 0.0443 e. The second kappa shape index (κ2) is 7.79. The molecule has 2 aromatic rings. The molecule has 2 rings (SSSR count). The Bertz CT molecular complexity index is 552. The Morgan fingerprint density at radius 2 is 1.95 bits per heavy atom. The van der Waals surface area contributed by atoms with Gasteiger partial charge in [0, 0.05) is 43.3 Å². The van der Waals surface area contributed by atoms with E-state index in [9.17, 15) is 0 Å². The number of benzene rings is 1. The van der Waals surface area contributed by atoms with Crippen LogP contribution < -0.4 is 10.2 Å². The number of nitrogens with one attached hydrogen (secondary N) is 1. The van der Waals surface area contributed by atoms with E-state index < -0.39 is 0 Å². The number of pyridine rings is 1. The third-order valence-corrected chi connectivity index (χ3v) is 3.65. The van der Waals surface area contributed by atoms with Crippen molar-refractivity contribution in [2.24, 2.45) is 0 Å². The summed E-state index contributed by atoms with van der Waals surface area (Å²) in [7, 11) is 2.16. The summed E-state index contributed by atoms with van der Waals surface area (Å²) in [5.41, 5.74) is 4.98. The quantitative estimate of drug-likeness (QED) is 0.846. The van der Waals surface area contributed by atoms with Crippen LogP contribution in [0.15, 0.2) is 42.6 Å². The second-order valence-electron chi connectivity index (χ2n) is 5.39. The van der Waals surface area contributed by atoms with E-state index in [0.717, 1.165) is 31.7 Å². The molecule has 0 saturated heterocycles. The Morgan fingerprint density at radius 1 is 1.19 bits per heavy atom. The van der Waals surface area contributed by atoms with Gasteiger partial charge in [-0.25, -0.2) is 0 Å². The summed E-state index contributed by atoms with van der Waals surface area (Å²) in [6.07, 6.45) is 3.05. The molecule has 3 heteroatoms. The first-order valence-electron chi connectivity index (χ1n) is 7.62. The molecule has 21 heavy (non-hydrogen) atoms. The van der Waals surface area contributed by atoms with Crippen LogP contribution in [0.25, 0.3) is 0 Å². The summed E-state index contributed by atoms with van der Waals surface area (Å²) in [4.78, 5) is 6.75. The zero-order valence-corrected chi connectivity index (χ0v) is 13.3. The Kier molecular flexibility index (Phi) is 5.76. The minimum Gasteiger partial charge on any atom is -0.374 e. The molecule has 1 aromatic carbocycles. The van der Waals surface area contributed by atoms with E-state index >= 15 is 0 Å². The van der Waals surface area contributed by atoms with Crippen LogP contribution in [0, 0.1) is 6.92 Å². The van der Waals surface area contributed by atoms with Gasteiger partial charge in [-0.2, -0.15) is 0 Å². The van der Waals surface area contributed by atoms with E-state index in [1.165, 1.54) is 16.8 Å². The average molecular weight is 283 g/mol. The Balaban J connectivity index is 2.06. The number of anilines is 1. The molecule has 1 aromatic heterocycles. The lowest BCUT2D eigenvalue weighted by Crippen LogP contribution is -2.23. The van der Waals surface area contributed by atoms with E-state index in [1.54, 1.807) is 0 Å². The molecular weight excluding hydrogens is 258 g/mol. The predicted molar refractivity (Wildman–Crippen MR) is 89.8 cm³/mol. The zero-order chi connectivity index (χ0) is 15.1. The van der Waals surface area contributed by atoms with Gasteiger partial charge < -0.3 is 10.2 Å². The maximum absolute atomic E-state index is 4.43.